The van der Waals surface area contributed by atoms with E-state index in [9.17, 15) is 14.4 Å². The molecule has 32 heavy (non-hydrogen) atoms. The smallest absolute Gasteiger partial charge is 0.303 e. The molecule has 0 saturated heterocycles. The summed E-state index contributed by atoms with van der Waals surface area (Å²) < 4.78 is 11.6. The Kier molecular flexibility index (Phi) is 11.9. The third-order valence-electron chi connectivity index (χ3n) is 5.14. The molecule has 1 atom stereocenters. The zero-order valence-corrected chi connectivity index (χ0v) is 19.7. The third kappa shape index (κ3) is 11.8. The van der Waals surface area contributed by atoms with Crippen LogP contribution in [0.25, 0.3) is 0 Å². The maximum atomic E-state index is 12.3. The van der Waals surface area contributed by atoms with Crippen molar-refractivity contribution >= 4 is 17.8 Å². The summed E-state index contributed by atoms with van der Waals surface area (Å²) in [4.78, 5) is 34.2. The second kappa shape index (κ2) is 13.9. The number of hydrogen-bond donors (Lipinski definition) is 3. The fourth-order valence-electron chi connectivity index (χ4n) is 2.80. The van der Waals surface area contributed by atoms with Crippen LogP contribution < -0.4 is 10.6 Å². The van der Waals surface area contributed by atoms with E-state index < -0.39 is 5.97 Å². The lowest BCUT2D eigenvalue weighted by atomic mass is 9.88. The molecule has 0 saturated carbocycles. The third-order valence-corrected chi connectivity index (χ3v) is 5.14. The Bertz CT molecular complexity index is 722. The largest absolute Gasteiger partial charge is 0.481 e. The molecule has 0 radical (unpaired) electrons. The van der Waals surface area contributed by atoms with Crippen molar-refractivity contribution in [3.8, 4) is 0 Å². The highest BCUT2D eigenvalue weighted by Crippen LogP contribution is 2.23. The van der Waals surface area contributed by atoms with Crippen molar-refractivity contribution < 1.29 is 29.0 Å². The molecule has 0 aliphatic carbocycles. The van der Waals surface area contributed by atoms with Crippen LogP contribution in [0.2, 0.25) is 0 Å². The number of carboxylic acid groups (broad SMARTS) is 1. The molecule has 0 spiro atoms. The van der Waals surface area contributed by atoms with Crippen molar-refractivity contribution in [1.82, 2.24) is 10.6 Å². The summed E-state index contributed by atoms with van der Waals surface area (Å²) in [7, 11) is 0. The SMILES string of the molecule is CCC(C)(CNC(=O)c1ccccc1)COCC(C)(C)COCCNC(=O)CCC(=O)O. The van der Waals surface area contributed by atoms with Gasteiger partial charge in [0.2, 0.25) is 5.91 Å². The fourth-order valence-corrected chi connectivity index (χ4v) is 2.80. The Labute approximate surface area is 191 Å². The molecule has 0 aromatic heterocycles. The van der Waals surface area contributed by atoms with Gasteiger partial charge in [-0.2, -0.15) is 0 Å². The van der Waals surface area contributed by atoms with Crippen LogP contribution in [-0.2, 0) is 19.1 Å². The minimum atomic E-state index is -0.990. The Balaban J connectivity index is 2.27. The molecule has 0 fully saturated rings. The molecule has 0 heterocycles. The molecule has 0 bridgehead atoms. The number of amides is 2. The highest BCUT2D eigenvalue weighted by Gasteiger charge is 2.26. The van der Waals surface area contributed by atoms with Crippen molar-refractivity contribution in [1.29, 1.82) is 0 Å². The molecule has 3 N–H and O–H groups in total. The van der Waals surface area contributed by atoms with Gasteiger partial charge in [0, 0.05) is 35.9 Å². The van der Waals surface area contributed by atoms with Gasteiger partial charge in [-0.25, -0.2) is 0 Å². The van der Waals surface area contributed by atoms with Crippen LogP contribution in [0.4, 0.5) is 0 Å². The first-order valence-electron chi connectivity index (χ1n) is 11.0. The molecule has 1 rings (SSSR count). The molecule has 180 valence electrons. The van der Waals surface area contributed by atoms with Crippen LogP contribution in [-0.4, -0.2) is 62.4 Å². The van der Waals surface area contributed by atoms with Gasteiger partial charge in [0.15, 0.2) is 0 Å². The molecule has 0 aliphatic heterocycles. The van der Waals surface area contributed by atoms with Gasteiger partial charge in [0.1, 0.15) is 0 Å². The molecule has 8 nitrogen and oxygen atoms in total. The number of carbonyl (C=O) groups is 3. The lowest BCUT2D eigenvalue weighted by molar-refractivity contribution is -0.138. The quantitative estimate of drug-likeness (QED) is 0.334. The summed E-state index contributed by atoms with van der Waals surface area (Å²) in [5.74, 6) is -1.37. The maximum Gasteiger partial charge on any atom is 0.303 e. The number of carbonyl (C=O) groups excluding carboxylic acids is 2. The van der Waals surface area contributed by atoms with Gasteiger partial charge in [-0.1, -0.05) is 45.9 Å². The van der Waals surface area contributed by atoms with Crippen LogP contribution in [0.15, 0.2) is 30.3 Å². The molecule has 0 aliphatic rings. The van der Waals surface area contributed by atoms with Crippen molar-refractivity contribution in [2.24, 2.45) is 10.8 Å². The number of hydrogen-bond acceptors (Lipinski definition) is 5. The number of ether oxygens (including phenoxy) is 2. The van der Waals surface area contributed by atoms with Gasteiger partial charge in [0.05, 0.1) is 32.8 Å². The Morgan fingerprint density at radius 1 is 0.938 bits per heavy atom. The average molecular weight is 451 g/mol. The highest BCUT2D eigenvalue weighted by atomic mass is 16.5. The fraction of sp³-hybridized carbons (Fsp3) is 0.625. The first-order valence-corrected chi connectivity index (χ1v) is 11.0. The zero-order valence-electron chi connectivity index (χ0n) is 19.7. The molecule has 2 amide bonds. The predicted octanol–water partition coefficient (Wildman–Crippen LogP) is 2.87. The van der Waals surface area contributed by atoms with Gasteiger partial charge in [0.25, 0.3) is 5.91 Å². The molecular weight excluding hydrogens is 412 g/mol. The minimum Gasteiger partial charge on any atom is -0.481 e. The minimum absolute atomic E-state index is 0.0311. The number of benzene rings is 1. The van der Waals surface area contributed by atoms with Gasteiger partial charge in [-0.15, -0.1) is 0 Å². The Hall–Kier alpha value is -2.45. The van der Waals surface area contributed by atoms with E-state index >= 15 is 0 Å². The van der Waals surface area contributed by atoms with Crippen molar-refractivity contribution in [3.05, 3.63) is 35.9 Å². The number of rotatable bonds is 16. The van der Waals surface area contributed by atoms with Crippen molar-refractivity contribution in [2.45, 2.75) is 47.0 Å². The second-order valence-electron chi connectivity index (χ2n) is 9.17. The summed E-state index contributed by atoms with van der Waals surface area (Å²) >= 11 is 0. The first kappa shape index (κ1) is 27.6. The summed E-state index contributed by atoms with van der Waals surface area (Å²) in [5.41, 5.74) is 0.250. The topological polar surface area (TPSA) is 114 Å². The molecule has 1 aromatic carbocycles. The number of carboxylic acids is 1. The summed E-state index contributed by atoms with van der Waals surface area (Å²) in [6.07, 6.45) is 0.654. The lowest BCUT2D eigenvalue weighted by Gasteiger charge is -2.31. The highest BCUT2D eigenvalue weighted by molar-refractivity contribution is 5.94. The zero-order chi connectivity index (χ0) is 24.0. The summed E-state index contributed by atoms with van der Waals surface area (Å²) in [5, 5.41) is 14.2. The lowest BCUT2D eigenvalue weighted by Crippen LogP contribution is -2.39. The predicted molar refractivity (Wildman–Crippen MR) is 122 cm³/mol. The Morgan fingerprint density at radius 3 is 2.22 bits per heavy atom. The van der Waals surface area contributed by atoms with E-state index in [1.54, 1.807) is 12.1 Å². The Morgan fingerprint density at radius 2 is 1.59 bits per heavy atom. The van der Waals surface area contributed by atoms with Crippen LogP contribution >= 0.6 is 0 Å². The van der Waals surface area contributed by atoms with E-state index in [1.165, 1.54) is 0 Å². The van der Waals surface area contributed by atoms with E-state index in [4.69, 9.17) is 14.6 Å². The standard InChI is InChI=1S/C24H38N2O6/c1-5-24(4,15-26-22(30)19-9-7-6-8-10-19)18-32-17-23(2,3)16-31-14-13-25-20(27)11-12-21(28)29/h6-10H,5,11-18H2,1-4H3,(H,25,27)(H,26,30)(H,28,29). The van der Waals surface area contributed by atoms with Crippen molar-refractivity contribution in [3.63, 3.8) is 0 Å². The van der Waals surface area contributed by atoms with Gasteiger partial charge >= 0.3 is 5.97 Å². The van der Waals surface area contributed by atoms with Crippen LogP contribution in [0, 0.1) is 10.8 Å². The monoisotopic (exact) mass is 450 g/mol. The van der Waals surface area contributed by atoms with E-state index in [2.05, 4.69) is 24.5 Å². The van der Waals surface area contributed by atoms with E-state index in [-0.39, 0.29) is 35.5 Å². The molecule has 8 heteroatoms. The van der Waals surface area contributed by atoms with Gasteiger partial charge in [-0.05, 0) is 18.6 Å². The van der Waals surface area contributed by atoms with Crippen LogP contribution in [0.3, 0.4) is 0 Å². The van der Waals surface area contributed by atoms with Crippen LogP contribution in [0.1, 0.15) is 57.3 Å². The van der Waals surface area contributed by atoms with Crippen molar-refractivity contribution in [2.75, 3.05) is 39.5 Å². The summed E-state index contributed by atoms with van der Waals surface area (Å²) in [6.45, 7) is 10.9. The number of nitrogens with one attached hydrogen (secondary N) is 2. The molecular formula is C24H38N2O6. The average Bonchev–Trinajstić information content (AvgIpc) is 2.76. The van der Waals surface area contributed by atoms with E-state index in [1.807, 2.05) is 32.0 Å². The van der Waals surface area contributed by atoms with Gasteiger partial charge < -0.3 is 25.2 Å². The normalized spacial score (nSPS) is 13.2. The number of aliphatic carboxylic acids is 1. The van der Waals surface area contributed by atoms with Gasteiger partial charge in [-0.3, -0.25) is 14.4 Å². The molecule has 1 unspecified atom stereocenters. The maximum absolute atomic E-state index is 12.3. The van der Waals surface area contributed by atoms with E-state index in [0.717, 1.165) is 6.42 Å². The van der Waals surface area contributed by atoms with E-state index in [0.29, 0.717) is 45.1 Å². The second-order valence-corrected chi connectivity index (χ2v) is 9.17. The van der Waals surface area contributed by atoms with Crippen LogP contribution in [0.5, 0.6) is 0 Å². The summed E-state index contributed by atoms with van der Waals surface area (Å²) in [6, 6.07) is 9.15. The molecule has 1 aromatic rings. The first-order chi connectivity index (χ1) is 15.1.